The highest BCUT2D eigenvalue weighted by Gasteiger charge is 2.16. The molecule has 1 heterocycles. The fourth-order valence-electron chi connectivity index (χ4n) is 2.46. The lowest BCUT2D eigenvalue weighted by Crippen LogP contribution is -2.36. The Hall–Kier alpha value is -1.32. The number of rotatable bonds is 4. The van der Waals surface area contributed by atoms with Gasteiger partial charge in [-0.15, -0.1) is 0 Å². The van der Waals surface area contributed by atoms with Crippen LogP contribution in [0.5, 0.6) is 5.75 Å². The van der Waals surface area contributed by atoms with Crippen LogP contribution in [0.15, 0.2) is 29.8 Å². The number of methoxy groups -OCH3 is 1. The molecule has 3 nitrogen and oxygen atoms in total. The van der Waals surface area contributed by atoms with Crippen molar-refractivity contribution in [3.63, 3.8) is 0 Å². The third kappa shape index (κ3) is 4.37. The maximum absolute atomic E-state index is 9.49. The van der Waals surface area contributed by atoms with Crippen molar-refractivity contribution in [1.29, 1.82) is 0 Å². The molecule has 1 aliphatic heterocycles. The number of aliphatic hydroxyl groups excluding tert-OH is 1. The Bertz CT molecular complexity index is 417. The predicted molar refractivity (Wildman–Crippen MR) is 78.3 cm³/mol. The number of hydrogen-bond donors (Lipinski definition) is 1. The highest BCUT2D eigenvalue weighted by atomic mass is 16.5. The van der Waals surface area contributed by atoms with E-state index in [9.17, 15) is 5.11 Å². The van der Waals surface area contributed by atoms with Gasteiger partial charge in [0.1, 0.15) is 5.75 Å². The topological polar surface area (TPSA) is 32.7 Å². The molecule has 0 unspecified atom stereocenters. The first kappa shape index (κ1) is 14.1. The summed E-state index contributed by atoms with van der Waals surface area (Å²) in [6.07, 6.45) is 3.91. The van der Waals surface area contributed by atoms with Gasteiger partial charge in [-0.05, 0) is 37.5 Å². The van der Waals surface area contributed by atoms with Crippen LogP contribution in [0.1, 0.15) is 25.3 Å². The molecule has 1 aromatic carbocycles. The Labute approximate surface area is 115 Å². The predicted octanol–water partition coefficient (Wildman–Crippen LogP) is 2.56. The average molecular weight is 261 g/mol. The van der Waals surface area contributed by atoms with Crippen molar-refractivity contribution in [2.45, 2.75) is 25.9 Å². The van der Waals surface area contributed by atoms with Crippen LogP contribution in [-0.4, -0.2) is 42.9 Å². The molecule has 3 heteroatoms. The lowest BCUT2D eigenvalue weighted by Gasteiger charge is -2.29. The Morgan fingerprint density at radius 2 is 1.95 bits per heavy atom. The van der Waals surface area contributed by atoms with E-state index in [-0.39, 0.29) is 6.10 Å². The van der Waals surface area contributed by atoms with E-state index in [1.807, 2.05) is 12.1 Å². The Kier molecular flexibility index (Phi) is 5.00. The van der Waals surface area contributed by atoms with E-state index in [0.717, 1.165) is 38.2 Å². The normalized spacial score (nSPS) is 18.6. The second kappa shape index (κ2) is 6.73. The fourth-order valence-corrected chi connectivity index (χ4v) is 2.46. The first-order valence-electron chi connectivity index (χ1n) is 6.89. The molecule has 1 fully saturated rings. The van der Waals surface area contributed by atoms with Gasteiger partial charge in [-0.25, -0.2) is 0 Å². The van der Waals surface area contributed by atoms with Crippen LogP contribution >= 0.6 is 0 Å². The van der Waals surface area contributed by atoms with Gasteiger partial charge in [-0.1, -0.05) is 23.8 Å². The summed E-state index contributed by atoms with van der Waals surface area (Å²) in [5, 5.41) is 9.49. The fraction of sp³-hybridized carbons (Fsp3) is 0.500. The van der Waals surface area contributed by atoms with Crippen molar-refractivity contribution < 1.29 is 9.84 Å². The molecule has 0 aromatic heterocycles. The molecule has 104 valence electrons. The zero-order valence-electron chi connectivity index (χ0n) is 11.8. The van der Waals surface area contributed by atoms with Gasteiger partial charge in [-0.3, -0.25) is 4.90 Å². The van der Waals surface area contributed by atoms with Gasteiger partial charge in [0.05, 0.1) is 13.2 Å². The third-order valence-electron chi connectivity index (χ3n) is 3.56. The molecule has 1 aliphatic rings. The molecule has 0 atom stereocenters. The van der Waals surface area contributed by atoms with Crippen molar-refractivity contribution in [3.05, 3.63) is 35.4 Å². The summed E-state index contributed by atoms with van der Waals surface area (Å²) < 4.78 is 5.15. The first-order valence-corrected chi connectivity index (χ1v) is 6.89. The summed E-state index contributed by atoms with van der Waals surface area (Å²) in [4.78, 5) is 2.40. The minimum Gasteiger partial charge on any atom is -0.497 e. The highest BCUT2D eigenvalue weighted by molar-refractivity contribution is 5.53. The largest absolute Gasteiger partial charge is 0.497 e. The van der Waals surface area contributed by atoms with Crippen molar-refractivity contribution in [1.82, 2.24) is 4.90 Å². The van der Waals surface area contributed by atoms with E-state index < -0.39 is 0 Å². The maximum atomic E-state index is 9.49. The summed E-state index contributed by atoms with van der Waals surface area (Å²) in [5.74, 6) is 0.889. The van der Waals surface area contributed by atoms with E-state index in [4.69, 9.17) is 4.74 Å². The van der Waals surface area contributed by atoms with Gasteiger partial charge in [0, 0.05) is 19.6 Å². The van der Waals surface area contributed by atoms with Gasteiger partial charge in [0.2, 0.25) is 0 Å². The van der Waals surface area contributed by atoms with E-state index >= 15 is 0 Å². The van der Waals surface area contributed by atoms with Crippen molar-refractivity contribution in [2.75, 3.05) is 26.7 Å². The smallest absolute Gasteiger partial charge is 0.118 e. The summed E-state index contributed by atoms with van der Waals surface area (Å²) in [6.45, 7) is 5.14. The monoisotopic (exact) mass is 261 g/mol. The van der Waals surface area contributed by atoms with Gasteiger partial charge < -0.3 is 9.84 Å². The second-order valence-corrected chi connectivity index (χ2v) is 5.27. The maximum Gasteiger partial charge on any atom is 0.118 e. The molecule has 0 radical (unpaired) electrons. The van der Waals surface area contributed by atoms with Crippen LogP contribution < -0.4 is 4.74 Å². The lowest BCUT2D eigenvalue weighted by molar-refractivity contribution is 0.0870. The molecule has 0 aliphatic carbocycles. The van der Waals surface area contributed by atoms with E-state index in [2.05, 4.69) is 30.0 Å². The summed E-state index contributed by atoms with van der Waals surface area (Å²) >= 11 is 0. The van der Waals surface area contributed by atoms with Crippen molar-refractivity contribution in [3.8, 4) is 5.75 Å². The number of aliphatic hydroxyl groups is 1. The van der Waals surface area contributed by atoms with Crippen LogP contribution in [-0.2, 0) is 0 Å². The highest BCUT2D eigenvalue weighted by Crippen LogP contribution is 2.16. The zero-order valence-corrected chi connectivity index (χ0v) is 11.8. The molecular formula is C16H23NO2. The number of ether oxygens (including phenoxy) is 1. The van der Waals surface area contributed by atoms with E-state index in [1.54, 1.807) is 7.11 Å². The molecule has 0 bridgehead atoms. The number of hydrogen-bond acceptors (Lipinski definition) is 3. The van der Waals surface area contributed by atoms with Crippen molar-refractivity contribution >= 4 is 6.08 Å². The van der Waals surface area contributed by atoms with Crippen LogP contribution in [0.4, 0.5) is 0 Å². The SMILES string of the molecule is COc1ccc(/C=C(/C)CN2CCC(O)CC2)cc1. The summed E-state index contributed by atoms with van der Waals surface area (Å²) in [7, 11) is 1.68. The van der Waals surface area contributed by atoms with Crippen LogP contribution in [0.2, 0.25) is 0 Å². The molecule has 0 amide bonds. The Morgan fingerprint density at radius 1 is 1.32 bits per heavy atom. The molecule has 0 spiro atoms. The van der Waals surface area contributed by atoms with Crippen LogP contribution in [0.3, 0.4) is 0 Å². The molecule has 19 heavy (non-hydrogen) atoms. The molecule has 0 saturated carbocycles. The quantitative estimate of drug-likeness (QED) is 0.904. The number of likely N-dealkylation sites (tertiary alicyclic amines) is 1. The van der Waals surface area contributed by atoms with Gasteiger partial charge >= 0.3 is 0 Å². The molecule has 1 aromatic rings. The Morgan fingerprint density at radius 3 is 2.53 bits per heavy atom. The van der Waals surface area contributed by atoms with E-state index in [1.165, 1.54) is 11.1 Å². The molecular weight excluding hydrogens is 238 g/mol. The molecule has 1 N–H and O–H groups in total. The molecule has 1 saturated heterocycles. The van der Waals surface area contributed by atoms with Crippen LogP contribution in [0.25, 0.3) is 6.08 Å². The minimum absolute atomic E-state index is 0.0953. The Balaban J connectivity index is 1.90. The van der Waals surface area contributed by atoms with E-state index in [0.29, 0.717) is 0 Å². The standard InChI is InChI=1S/C16H23NO2/c1-13(12-17-9-7-15(18)8-10-17)11-14-3-5-16(19-2)6-4-14/h3-6,11,15,18H,7-10,12H2,1-2H3/b13-11-. The van der Waals surface area contributed by atoms with Crippen LogP contribution in [0, 0.1) is 0 Å². The average Bonchev–Trinajstić information content (AvgIpc) is 2.42. The second-order valence-electron chi connectivity index (χ2n) is 5.27. The summed E-state index contributed by atoms with van der Waals surface area (Å²) in [5.41, 5.74) is 2.55. The molecule has 2 rings (SSSR count). The number of piperidine rings is 1. The minimum atomic E-state index is -0.0953. The third-order valence-corrected chi connectivity index (χ3v) is 3.56. The van der Waals surface area contributed by atoms with Gasteiger partial charge in [0.25, 0.3) is 0 Å². The van der Waals surface area contributed by atoms with Crippen molar-refractivity contribution in [2.24, 2.45) is 0 Å². The number of nitrogens with zero attached hydrogens (tertiary/aromatic N) is 1. The summed E-state index contributed by atoms with van der Waals surface area (Å²) in [6, 6.07) is 8.11. The van der Waals surface area contributed by atoms with Gasteiger partial charge in [0.15, 0.2) is 0 Å². The first-order chi connectivity index (χ1) is 9.17. The lowest BCUT2D eigenvalue weighted by atomic mass is 10.1. The number of benzene rings is 1. The van der Waals surface area contributed by atoms with Gasteiger partial charge in [-0.2, -0.15) is 0 Å². The zero-order chi connectivity index (χ0) is 13.7.